The number of ketones is 3. The van der Waals surface area contributed by atoms with Crippen molar-refractivity contribution < 1.29 is 43.3 Å². The second kappa shape index (κ2) is 30.9. The molecule has 0 fully saturated rings. The molecule has 0 spiro atoms. The molecule has 0 aromatic heterocycles. The molecule has 0 aliphatic heterocycles. The van der Waals surface area contributed by atoms with Crippen LogP contribution in [0.25, 0.3) is 0 Å². The Bertz CT molecular complexity index is 1380. The fraction of sp³-hybridized carbons (Fsp3) is 0.475. The molecule has 0 unspecified atom stereocenters. The van der Waals surface area contributed by atoms with E-state index in [1.807, 2.05) is 36.4 Å². The van der Waals surface area contributed by atoms with Gasteiger partial charge in [0.2, 0.25) is 0 Å². The van der Waals surface area contributed by atoms with E-state index in [1.165, 1.54) is 0 Å². The van der Waals surface area contributed by atoms with Crippen LogP contribution >= 0.6 is 0 Å². The number of hydrogen-bond donors (Lipinski definition) is 4. The van der Waals surface area contributed by atoms with Crippen molar-refractivity contribution in [2.24, 2.45) is 0 Å². The van der Waals surface area contributed by atoms with Gasteiger partial charge in [-0.15, -0.1) is 12.8 Å². The van der Waals surface area contributed by atoms with Crippen molar-refractivity contribution >= 4 is 29.4 Å². The zero-order chi connectivity index (χ0) is 38.9. The van der Waals surface area contributed by atoms with Gasteiger partial charge in [-0.05, 0) is 53.1 Å². The third-order valence-corrected chi connectivity index (χ3v) is 6.35. The Kier molecular flexibility index (Phi) is 28.0. The van der Waals surface area contributed by atoms with Gasteiger partial charge in [0, 0.05) is 43.5 Å². The Balaban J connectivity index is 0.000000775. The largest absolute Gasteiger partial charge is 0.481 e. The number of hydrogen-bond acceptors (Lipinski definition) is 10. The zero-order valence-electron chi connectivity index (χ0n) is 30.7. The number of amides is 1. The summed E-state index contributed by atoms with van der Waals surface area (Å²) in [7, 11) is 0. The molecule has 12 heteroatoms. The molecule has 52 heavy (non-hydrogen) atoms. The molecule has 0 heterocycles. The lowest BCUT2D eigenvalue weighted by molar-refractivity contribution is -0.137. The summed E-state index contributed by atoms with van der Waals surface area (Å²) in [4.78, 5) is 56.3. The molecule has 4 N–H and O–H groups in total. The van der Waals surface area contributed by atoms with E-state index in [9.17, 15) is 24.0 Å². The minimum atomic E-state index is -0.809. The zero-order valence-corrected chi connectivity index (χ0v) is 30.7. The molecule has 0 radical (unpaired) electrons. The minimum absolute atomic E-state index is 0.0240. The molecular weight excluding hydrogens is 666 g/mol. The average Bonchev–Trinajstić information content (AvgIpc) is 3.11. The number of benzene rings is 2. The number of aliphatic carboxylic acids is 1. The maximum absolute atomic E-state index is 11.8. The number of nitrogens with one attached hydrogen (secondary N) is 3. The Hall–Kier alpha value is -4.85. The normalized spacial score (nSPS) is 10.2. The average molecular weight is 722 g/mol. The molecule has 0 atom stereocenters. The van der Waals surface area contributed by atoms with Gasteiger partial charge in [-0.3, -0.25) is 19.2 Å². The van der Waals surface area contributed by atoms with E-state index in [1.54, 1.807) is 45.0 Å². The van der Waals surface area contributed by atoms with Crippen LogP contribution in [0.4, 0.5) is 4.79 Å². The monoisotopic (exact) mass is 721 g/mol. The molecule has 0 aliphatic carbocycles. The third kappa shape index (κ3) is 30.0. The van der Waals surface area contributed by atoms with E-state index in [2.05, 4.69) is 27.8 Å². The Morgan fingerprint density at radius 3 is 1.60 bits per heavy atom. The predicted octanol–water partition coefficient (Wildman–Crippen LogP) is 4.72. The van der Waals surface area contributed by atoms with E-state index in [0.717, 1.165) is 6.42 Å². The third-order valence-electron chi connectivity index (χ3n) is 6.35. The first kappa shape index (κ1) is 47.1. The number of carboxylic acid groups (broad SMARTS) is 1. The van der Waals surface area contributed by atoms with Crippen molar-refractivity contribution in [3.05, 3.63) is 71.8 Å². The van der Waals surface area contributed by atoms with Gasteiger partial charge in [-0.1, -0.05) is 72.5 Å². The quantitative estimate of drug-likeness (QED) is 0.0712. The summed E-state index contributed by atoms with van der Waals surface area (Å²) in [5.41, 5.74) is 0.912. The van der Waals surface area contributed by atoms with Crippen LogP contribution in [0.2, 0.25) is 0 Å². The Labute approximate surface area is 308 Å². The molecule has 12 nitrogen and oxygen atoms in total. The second-order valence-corrected chi connectivity index (χ2v) is 12.1. The van der Waals surface area contributed by atoms with Crippen molar-refractivity contribution in [1.29, 1.82) is 0 Å². The number of ether oxygens (including phenoxy) is 3. The van der Waals surface area contributed by atoms with E-state index < -0.39 is 17.7 Å². The summed E-state index contributed by atoms with van der Waals surface area (Å²) in [6.07, 6.45) is 12.7. The van der Waals surface area contributed by atoms with Crippen LogP contribution in [0.3, 0.4) is 0 Å². The van der Waals surface area contributed by atoms with Crippen LogP contribution in [0.1, 0.15) is 80.0 Å². The standard InChI is InChI=1S/C18H23NO3.C12H15NO3.C10H17NO3/c1-2-13-22-14-7-11-17(20)10-6-12-19-15-18(21)16-8-4-3-5-9-16;14-11(10-5-2-1-3-6-10)9-13-8-4-7-12(15)16;1-5-7-13-8-6-11-9(12)14-10(2,3)4/h1,3-5,8-9,19H,6-7,10-15H2;1-3,5-6,13H,4,7-9H2,(H,15,16);1H,6-8H2,2-4H3,(H,11,12). The van der Waals surface area contributed by atoms with Crippen molar-refractivity contribution in [3.8, 4) is 24.7 Å². The number of carbonyl (C=O) groups is 5. The van der Waals surface area contributed by atoms with Crippen LogP contribution in [0.5, 0.6) is 0 Å². The van der Waals surface area contributed by atoms with Crippen LogP contribution in [-0.4, -0.2) is 99.3 Å². The highest BCUT2D eigenvalue weighted by atomic mass is 16.6. The first-order valence-electron chi connectivity index (χ1n) is 17.2. The van der Waals surface area contributed by atoms with Gasteiger partial charge in [0.1, 0.15) is 24.6 Å². The minimum Gasteiger partial charge on any atom is -0.481 e. The first-order chi connectivity index (χ1) is 24.9. The van der Waals surface area contributed by atoms with Crippen molar-refractivity contribution in [1.82, 2.24) is 16.0 Å². The summed E-state index contributed by atoms with van der Waals surface area (Å²) >= 11 is 0. The van der Waals surface area contributed by atoms with Gasteiger partial charge in [-0.25, -0.2) is 4.79 Å². The molecule has 0 bridgehead atoms. The summed E-state index contributed by atoms with van der Waals surface area (Å²) in [6.45, 7) is 9.07. The van der Waals surface area contributed by atoms with E-state index >= 15 is 0 Å². The maximum Gasteiger partial charge on any atom is 0.407 e. The number of carbonyl (C=O) groups excluding carboxylic acids is 4. The van der Waals surface area contributed by atoms with Gasteiger partial charge in [0.15, 0.2) is 11.6 Å². The van der Waals surface area contributed by atoms with Crippen LogP contribution in [0.15, 0.2) is 60.7 Å². The molecule has 1 amide bonds. The molecular formula is C40H55N3O9. The maximum atomic E-state index is 11.8. The fourth-order valence-corrected chi connectivity index (χ4v) is 3.93. The fourth-order valence-electron chi connectivity index (χ4n) is 3.93. The van der Waals surface area contributed by atoms with Crippen molar-refractivity contribution in [2.45, 2.75) is 64.9 Å². The van der Waals surface area contributed by atoms with Crippen LogP contribution in [0, 0.1) is 24.7 Å². The van der Waals surface area contributed by atoms with Gasteiger partial charge in [0.25, 0.3) is 0 Å². The highest BCUT2D eigenvalue weighted by molar-refractivity contribution is 5.98. The van der Waals surface area contributed by atoms with Gasteiger partial charge in [-0.2, -0.15) is 0 Å². The van der Waals surface area contributed by atoms with Crippen molar-refractivity contribution in [2.75, 3.05) is 59.2 Å². The lowest BCUT2D eigenvalue weighted by Gasteiger charge is -2.19. The molecule has 2 rings (SSSR count). The SMILES string of the molecule is C#CCOCCCC(=O)CCCNCC(=O)c1ccccc1.C#CCOCCNC(=O)OC(C)(C)C.O=C(O)CCCNCC(=O)c1ccccc1. The van der Waals surface area contributed by atoms with Crippen molar-refractivity contribution in [3.63, 3.8) is 0 Å². The predicted molar refractivity (Wildman–Crippen MR) is 201 cm³/mol. The van der Waals surface area contributed by atoms with E-state index in [0.29, 0.717) is 82.8 Å². The highest BCUT2D eigenvalue weighted by Gasteiger charge is 2.15. The topological polar surface area (TPSA) is 169 Å². The molecule has 0 saturated heterocycles. The Morgan fingerprint density at radius 2 is 1.13 bits per heavy atom. The molecule has 2 aromatic carbocycles. The van der Waals surface area contributed by atoms with Gasteiger partial charge in [0.05, 0.1) is 19.7 Å². The lowest BCUT2D eigenvalue weighted by Crippen LogP contribution is -2.34. The Morgan fingerprint density at radius 1 is 0.673 bits per heavy atom. The summed E-state index contributed by atoms with van der Waals surface area (Å²) in [6, 6.07) is 18.2. The van der Waals surface area contributed by atoms with Gasteiger partial charge < -0.3 is 35.3 Å². The highest BCUT2D eigenvalue weighted by Crippen LogP contribution is 2.06. The number of terminal acetylenes is 2. The molecule has 284 valence electrons. The van der Waals surface area contributed by atoms with E-state index in [4.69, 9.17) is 32.2 Å². The first-order valence-corrected chi connectivity index (χ1v) is 17.2. The van der Waals surface area contributed by atoms with E-state index in [-0.39, 0.29) is 36.9 Å². The second-order valence-electron chi connectivity index (χ2n) is 12.1. The molecule has 2 aromatic rings. The van der Waals surface area contributed by atoms with Crippen LogP contribution < -0.4 is 16.0 Å². The smallest absolute Gasteiger partial charge is 0.407 e. The summed E-state index contributed by atoms with van der Waals surface area (Å²) in [5, 5.41) is 16.9. The summed E-state index contributed by atoms with van der Waals surface area (Å²) in [5.74, 6) is 4.21. The number of rotatable bonds is 23. The summed E-state index contributed by atoms with van der Waals surface area (Å²) < 4.78 is 15.1. The van der Waals surface area contributed by atoms with Gasteiger partial charge >= 0.3 is 12.1 Å². The molecule has 0 saturated carbocycles. The number of alkyl carbamates (subject to hydrolysis) is 1. The number of carboxylic acids is 1. The number of Topliss-reactive ketones (excluding diaryl/α,β-unsaturated/α-hetero) is 3. The lowest BCUT2D eigenvalue weighted by atomic mass is 10.1. The van der Waals surface area contributed by atoms with Crippen LogP contribution in [-0.2, 0) is 23.8 Å². The molecule has 0 aliphatic rings.